The van der Waals surface area contributed by atoms with E-state index in [2.05, 4.69) is 5.32 Å². The van der Waals surface area contributed by atoms with Crippen molar-refractivity contribution in [2.75, 3.05) is 25.5 Å². The summed E-state index contributed by atoms with van der Waals surface area (Å²) in [7, 11) is 1.54. The lowest BCUT2D eigenvalue weighted by molar-refractivity contribution is -0.118. The quantitative estimate of drug-likeness (QED) is 0.848. The van der Waals surface area contributed by atoms with Gasteiger partial charge < -0.3 is 15.0 Å². The number of hydrogen-bond donors (Lipinski definition) is 1. The van der Waals surface area contributed by atoms with E-state index in [1.807, 2.05) is 6.07 Å². The number of halogens is 2. The molecule has 29 heavy (non-hydrogen) atoms. The molecule has 0 aromatic heterocycles. The first-order valence-corrected chi connectivity index (χ1v) is 9.62. The van der Waals surface area contributed by atoms with Crippen LogP contribution in [0.2, 0.25) is 0 Å². The van der Waals surface area contributed by atoms with E-state index in [0.29, 0.717) is 24.4 Å². The molecule has 2 aliphatic rings. The summed E-state index contributed by atoms with van der Waals surface area (Å²) in [6.07, 6.45) is 2.23. The van der Waals surface area contributed by atoms with Gasteiger partial charge in [0.1, 0.15) is 5.75 Å². The number of anilines is 1. The number of benzene rings is 2. The molecule has 2 amide bonds. The minimum Gasteiger partial charge on any atom is -0.496 e. The van der Waals surface area contributed by atoms with Crippen molar-refractivity contribution >= 4 is 17.5 Å². The van der Waals surface area contributed by atoms with E-state index in [1.165, 1.54) is 13.2 Å². The van der Waals surface area contributed by atoms with E-state index in [9.17, 15) is 18.4 Å². The number of hydrogen-bond acceptors (Lipinski definition) is 3. The number of nitrogens with zero attached hydrogens (tertiary/aromatic N) is 1. The Morgan fingerprint density at radius 1 is 1.10 bits per heavy atom. The molecule has 2 aromatic carbocycles. The number of amides is 2. The van der Waals surface area contributed by atoms with E-state index in [1.54, 1.807) is 23.1 Å². The lowest BCUT2D eigenvalue weighted by Crippen LogP contribution is -2.40. The molecule has 1 N–H and O–H groups in total. The number of carbonyl (C=O) groups excluding carboxylic acids is 2. The Morgan fingerprint density at radius 3 is 2.52 bits per heavy atom. The fraction of sp³-hybridized carbons (Fsp3) is 0.364. The molecule has 0 bridgehead atoms. The van der Waals surface area contributed by atoms with Crippen LogP contribution in [0.5, 0.6) is 5.75 Å². The zero-order chi connectivity index (χ0) is 20.6. The molecule has 1 saturated heterocycles. The number of para-hydroxylation sites is 1. The molecule has 1 aliphatic heterocycles. The van der Waals surface area contributed by atoms with E-state index in [-0.39, 0.29) is 28.8 Å². The van der Waals surface area contributed by atoms with Crippen LogP contribution in [0, 0.1) is 23.0 Å². The first-order valence-electron chi connectivity index (χ1n) is 9.62. The molecule has 1 aliphatic carbocycles. The summed E-state index contributed by atoms with van der Waals surface area (Å²) in [4.78, 5) is 27.2. The predicted molar refractivity (Wildman–Crippen MR) is 104 cm³/mol. The summed E-state index contributed by atoms with van der Waals surface area (Å²) in [6.45, 7) is 1.15. The van der Waals surface area contributed by atoms with E-state index >= 15 is 0 Å². The Morgan fingerprint density at radius 2 is 1.83 bits per heavy atom. The maximum atomic E-state index is 13.3. The second-order valence-corrected chi connectivity index (χ2v) is 7.73. The van der Waals surface area contributed by atoms with Crippen LogP contribution in [0.1, 0.15) is 29.6 Å². The number of likely N-dealkylation sites (tertiary alicyclic amines) is 1. The second kappa shape index (κ2) is 7.46. The van der Waals surface area contributed by atoms with E-state index in [0.717, 1.165) is 31.4 Å². The Hall–Kier alpha value is -2.96. The van der Waals surface area contributed by atoms with Gasteiger partial charge in [-0.2, -0.15) is 0 Å². The third-order valence-corrected chi connectivity index (χ3v) is 6.08. The van der Waals surface area contributed by atoms with Crippen molar-refractivity contribution in [2.24, 2.45) is 11.3 Å². The number of piperidine rings is 1. The number of rotatable bonds is 4. The van der Waals surface area contributed by atoms with E-state index in [4.69, 9.17) is 4.74 Å². The summed E-state index contributed by atoms with van der Waals surface area (Å²) in [5.41, 5.74) is 0.675. The highest BCUT2D eigenvalue weighted by Gasteiger charge is 2.58. The lowest BCUT2D eigenvalue weighted by Gasteiger charge is -2.33. The van der Waals surface area contributed by atoms with Gasteiger partial charge in [-0.25, -0.2) is 8.78 Å². The standard InChI is InChI=1S/C22H22F2N2O3/c1-29-19-5-3-2-4-15(19)21(28)26-10-8-22(9-11-26)13-16(22)20(27)25-14-6-7-17(23)18(24)12-14/h2-7,12,16H,8-11,13H2,1H3,(H,25,27). The summed E-state index contributed by atoms with van der Waals surface area (Å²) >= 11 is 0. The highest BCUT2D eigenvalue weighted by molar-refractivity contribution is 5.97. The molecule has 1 heterocycles. The third-order valence-electron chi connectivity index (χ3n) is 6.08. The van der Waals surface area contributed by atoms with Gasteiger partial charge in [-0.15, -0.1) is 0 Å². The highest BCUT2D eigenvalue weighted by atomic mass is 19.2. The smallest absolute Gasteiger partial charge is 0.257 e. The van der Waals surface area contributed by atoms with Crippen LogP contribution in [0.4, 0.5) is 14.5 Å². The van der Waals surface area contributed by atoms with Crippen molar-refractivity contribution in [1.29, 1.82) is 0 Å². The number of nitrogens with one attached hydrogen (secondary N) is 1. The Labute approximate surface area is 167 Å². The largest absolute Gasteiger partial charge is 0.496 e. The van der Waals surface area contributed by atoms with Crippen molar-refractivity contribution in [3.05, 3.63) is 59.7 Å². The van der Waals surface area contributed by atoms with Crippen molar-refractivity contribution in [3.8, 4) is 5.75 Å². The van der Waals surface area contributed by atoms with Crippen LogP contribution >= 0.6 is 0 Å². The third kappa shape index (κ3) is 3.69. The average Bonchev–Trinajstić information content (AvgIpc) is 3.44. The minimum atomic E-state index is -0.989. The molecule has 5 nitrogen and oxygen atoms in total. The SMILES string of the molecule is COc1ccccc1C(=O)N1CCC2(CC1)CC2C(=O)Nc1ccc(F)c(F)c1. The van der Waals surface area contributed by atoms with E-state index < -0.39 is 11.6 Å². The topological polar surface area (TPSA) is 58.6 Å². The molecule has 1 spiro atoms. The van der Waals surface area contributed by atoms with Crippen molar-refractivity contribution < 1.29 is 23.1 Å². The lowest BCUT2D eigenvalue weighted by atomic mass is 9.90. The second-order valence-electron chi connectivity index (χ2n) is 7.73. The van der Waals surface area contributed by atoms with Gasteiger partial charge in [0.05, 0.1) is 12.7 Å². The monoisotopic (exact) mass is 400 g/mol. The molecule has 1 unspecified atom stereocenters. The van der Waals surface area contributed by atoms with Gasteiger partial charge in [0.15, 0.2) is 11.6 Å². The van der Waals surface area contributed by atoms with Crippen molar-refractivity contribution in [1.82, 2.24) is 4.90 Å². The van der Waals surface area contributed by atoms with Crippen LogP contribution in [-0.4, -0.2) is 36.9 Å². The normalized spacial score (nSPS) is 19.7. The molecule has 1 atom stereocenters. The Bertz CT molecular complexity index is 955. The van der Waals surface area contributed by atoms with Gasteiger partial charge in [0.25, 0.3) is 5.91 Å². The molecule has 1 saturated carbocycles. The number of carbonyl (C=O) groups is 2. The van der Waals surface area contributed by atoms with Gasteiger partial charge in [-0.3, -0.25) is 9.59 Å². The minimum absolute atomic E-state index is 0.0688. The van der Waals surface area contributed by atoms with Crippen molar-refractivity contribution in [3.63, 3.8) is 0 Å². The number of methoxy groups -OCH3 is 1. The van der Waals surface area contributed by atoms with Gasteiger partial charge in [-0.1, -0.05) is 12.1 Å². The maximum absolute atomic E-state index is 13.3. The first-order chi connectivity index (χ1) is 13.9. The fourth-order valence-corrected chi connectivity index (χ4v) is 4.22. The Kier molecular flexibility index (Phi) is 4.98. The Balaban J connectivity index is 1.35. The van der Waals surface area contributed by atoms with Gasteiger partial charge in [0, 0.05) is 30.8 Å². The molecular weight excluding hydrogens is 378 g/mol. The van der Waals surface area contributed by atoms with Crippen LogP contribution in [0.25, 0.3) is 0 Å². The maximum Gasteiger partial charge on any atom is 0.257 e. The van der Waals surface area contributed by atoms with Crippen LogP contribution in [0.3, 0.4) is 0 Å². The first kappa shape index (κ1) is 19.4. The molecule has 2 aromatic rings. The van der Waals surface area contributed by atoms with Crippen LogP contribution in [0.15, 0.2) is 42.5 Å². The molecule has 4 rings (SSSR count). The van der Waals surface area contributed by atoms with Gasteiger partial charge in [-0.05, 0) is 48.9 Å². The summed E-state index contributed by atoms with van der Waals surface area (Å²) in [5, 5.41) is 2.68. The molecule has 0 radical (unpaired) electrons. The number of ether oxygens (including phenoxy) is 1. The van der Waals surface area contributed by atoms with Crippen LogP contribution in [-0.2, 0) is 4.79 Å². The fourth-order valence-electron chi connectivity index (χ4n) is 4.22. The highest BCUT2D eigenvalue weighted by Crippen LogP contribution is 2.59. The summed E-state index contributed by atoms with van der Waals surface area (Å²) < 4.78 is 31.7. The molecule has 2 fully saturated rings. The molecule has 7 heteroatoms. The van der Waals surface area contributed by atoms with Crippen molar-refractivity contribution in [2.45, 2.75) is 19.3 Å². The molecule has 152 valence electrons. The summed E-state index contributed by atoms with van der Waals surface area (Å²) in [6, 6.07) is 10.5. The van der Waals surface area contributed by atoms with Gasteiger partial charge >= 0.3 is 0 Å². The van der Waals surface area contributed by atoms with Gasteiger partial charge in [0.2, 0.25) is 5.91 Å². The molecular formula is C22H22F2N2O3. The zero-order valence-electron chi connectivity index (χ0n) is 16.1. The zero-order valence-corrected chi connectivity index (χ0v) is 16.1. The average molecular weight is 400 g/mol. The predicted octanol–water partition coefficient (Wildman–Crippen LogP) is 3.85. The summed E-state index contributed by atoms with van der Waals surface area (Å²) in [5.74, 6) is -1.80. The van der Waals surface area contributed by atoms with Crippen LogP contribution < -0.4 is 10.1 Å².